The molecule has 35 heavy (non-hydrogen) atoms. The predicted octanol–water partition coefficient (Wildman–Crippen LogP) is 2.98. The molecule has 2 heterocycles. The van der Waals surface area contributed by atoms with Crippen molar-refractivity contribution in [3.63, 3.8) is 0 Å². The summed E-state index contributed by atoms with van der Waals surface area (Å²) >= 11 is 0. The van der Waals surface area contributed by atoms with Crippen LogP contribution < -0.4 is 19.7 Å². The maximum absolute atomic E-state index is 13.3. The van der Waals surface area contributed by atoms with E-state index in [0.717, 1.165) is 0 Å². The lowest BCUT2D eigenvalue weighted by Gasteiger charge is -2.29. The Balaban J connectivity index is 1.47. The largest absolute Gasteiger partial charge is 0.485 e. The summed E-state index contributed by atoms with van der Waals surface area (Å²) in [6, 6.07) is 13.3. The van der Waals surface area contributed by atoms with Gasteiger partial charge in [0, 0.05) is 25.3 Å². The van der Waals surface area contributed by atoms with Crippen LogP contribution in [0.2, 0.25) is 0 Å². The Kier molecular flexibility index (Phi) is 7.41. The number of fused-ring (bicyclic) bond motifs is 1. The molecule has 4 rings (SSSR count). The fraction of sp³-hybridized carbons (Fsp3) is 0.240. The molecular weight excluding hydrogens is 459 g/mol. The van der Waals surface area contributed by atoms with Crippen molar-refractivity contribution in [3.8, 4) is 11.5 Å². The molecule has 3 aromatic rings. The van der Waals surface area contributed by atoms with Gasteiger partial charge < -0.3 is 23.9 Å². The molecule has 0 saturated heterocycles. The summed E-state index contributed by atoms with van der Waals surface area (Å²) in [7, 11) is 1.53. The van der Waals surface area contributed by atoms with Crippen LogP contribution in [0.4, 0.5) is 10.1 Å². The van der Waals surface area contributed by atoms with Crippen molar-refractivity contribution < 1.29 is 37.4 Å². The van der Waals surface area contributed by atoms with Gasteiger partial charge in [0.2, 0.25) is 0 Å². The highest BCUT2D eigenvalue weighted by molar-refractivity contribution is 6.02. The van der Waals surface area contributed by atoms with Gasteiger partial charge in [0.15, 0.2) is 24.8 Å². The lowest BCUT2D eigenvalue weighted by Crippen LogP contribution is -2.38. The number of Topliss-reactive ketones (excluding diaryl/α,β-unsaturated/α-hetero) is 1. The number of ketones is 1. The SMILES string of the molecule is COCCNC(=O)c1ccc(CN2C(=O)COc3ccc(C(=O)COc4cccc(F)c4)cc32)o1. The van der Waals surface area contributed by atoms with E-state index in [1.807, 2.05) is 0 Å². The van der Waals surface area contributed by atoms with Gasteiger partial charge >= 0.3 is 0 Å². The quantitative estimate of drug-likeness (QED) is 0.350. The number of nitrogens with one attached hydrogen (secondary N) is 1. The number of hydrogen-bond acceptors (Lipinski definition) is 7. The van der Waals surface area contributed by atoms with Gasteiger partial charge in [-0.1, -0.05) is 6.07 Å². The van der Waals surface area contributed by atoms with Crippen molar-refractivity contribution in [2.24, 2.45) is 0 Å². The van der Waals surface area contributed by atoms with Gasteiger partial charge in [0.1, 0.15) is 23.1 Å². The second-order valence-corrected chi connectivity index (χ2v) is 7.63. The van der Waals surface area contributed by atoms with Crippen LogP contribution in [-0.4, -0.2) is 51.1 Å². The number of carbonyl (C=O) groups excluding carboxylic acids is 3. The average Bonchev–Trinajstić information content (AvgIpc) is 3.33. The van der Waals surface area contributed by atoms with Crippen molar-refractivity contribution in [2.45, 2.75) is 6.54 Å². The van der Waals surface area contributed by atoms with Crippen LogP contribution >= 0.6 is 0 Å². The van der Waals surface area contributed by atoms with Crippen LogP contribution in [0.15, 0.2) is 59.0 Å². The van der Waals surface area contributed by atoms with E-state index < -0.39 is 11.7 Å². The van der Waals surface area contributed by atoms with E-state index in [4.69, 9.17) is 18.6 Å². The fourth-order valence-corrected chi connectivity index (χ4v) is 3.43. The molecule has 0 saturated carbocycles. The first-order valence-electron chi connectivity index (χ1n) is 10.8. The molecule has 1 aliphatic rings. The summed E-state index contributed by atoms with van der Waals surface area (Å²) in [6.45, 7) is 0.260. The number of benzene rings is 2. The molecule has 9 nitrogen and oxygen atoms in total. The Hall–Kier alpha value is -4.18. The van der Waals surface area contributed by atoms with E-state index in [-0.39, 0.29) is 43.0 Å². The van der Waals surface area contributed by atoms with Crippen molar-refractivity contribution in [1.82, 2.24) is 5.32 Å². The first-order valence-corrected chi connectivity index (χ1v) is 10.8. The third-order valence-corrected chi connectivity index (χ3v) is 5.18. The number of halogens is 1. The molecule has 0 fully saturated rings. The molecule has 0 spiro atoms. The smallest absolute Gasteiger partial charge is 0.287 e. The Morgan fingerprint density at radius 2 is 2.00 bits per heavy atom. The summed E-state index contributed by atoms with van der Waals surface area (Å²) in [4.78, 5) is 38.9. The number of amides is 2. The molecule has 1 aromatic heterocycles. The molecule has 0 unspecified atom stereocenters. The fourth-order valence-electron chi connectivity index (χ4n) is 3.43. The van der Waals surface area contributed by atoms with Crippen LogP contribution in [0.3, 0.4) is 0 Å². The predicted molar refractivity (Wildman–Crippen MR) is 122 cm³/mol. The average molecular weight is 482 g/mol. The highest BCUT2D eigenvalue weighted by Crippen LogP contribution is 2.34. The van der Waals surface area contributed by atoms with Crippen LogP contribution in [-0.2, 0) is 16.1 Å². The van der Waals surface area contributed by atoms with Crippen molar-refractivity contribution in [2.75, 3.05) is 38.4 Å². The number of anilines is 1. The zero-order valence-electron chi connectivity index (χ0n) is 18.9. The summed E-state index contributed by atoms with van der Waals surface area (Å²) in [6.07, 6.45) is 0. The molecule has 1 N–H and O–H groups in total. The number of furan rings is 1. The first-order chi connectivity index (χ1) is 16.9. The normalized spacial score (nSPS) is 12.6. The minimum Gasteiger partial charge on any atom is -0.485 e. The van der Waals surface area contributed by atoms with Crippen molar-refractivity contribution >= 4 is 23.3 Å². The van der Waals surface area contributed by atoms with E-state index in [9.17, 15) is 18.8 Å². The molecule has 0 aliphatic carbocycles. The van der Waals surface area contributed by atoms with Gasteiger partial charge in [-0.05, 0) is 42.5 Å². The summed E-state index contributed by atoms with van der Waals surface area (Å²) in [5.41, 5.74) is 0.682. The second kappa shape index (κ2) is 10.8. The Bertz CT molecular complexity index is 1240. The molecule has 1 aliphatic heterocycles. The summed E-state index contributed by atoms with van der Waals surface area (Å²) in [5.74, 6) is -0.405. The van der Waals surface area contributed by atoms with Crippen LogP contribution in [0.1, 0.15) is 26.7 Å². The third-order valence-electron chi connectivity index (χ3n) is 5.18. The number of carbonyl (C=O) groups is 3. The first kappa shape index (κ1) is 24.0. The van der Waals surface area contributed by atoms with Crippen molar-refractivity contribution in [3.05, 3.63) is 77.5 Å². The maximum Gasteiger partial charge on any atom is 0.287 e. The number of ether oxygens (including phenoxy) is 3. The van der Waals surface area contributed by atoms with E-state index in [1.54, 1.807) is 24.3 Å². The third kappa shape index (κ3) is 5.85. The van der Waals surface area contributed by atoms with E-state index in [1.165, 1.54) is 42.3 Å². The lowest BCUT2D eigenvalue weighted by atomic mass is 10.1. The minimum atomic E-state index is -0.469. The molecule has 0 radical (unpaired) electrons. The number of methoxy groups -OCH3 is 1. The van der Waals surface area contributed by atoms with Crippen LogP contribution in [0.25, 0.3) is 0 Å². The minimum absolute atomic E-state index is 0.0397. The van der Waals surface area contributed by atoms with Crippen molar-refractivity contribution in [1.29, 1.82) is 0 Å². The highest BCUT2D eigenvalue weighted by Gasteiger charge is 2.28. The van der Waals surface area contributed by atoms with Gasteiger partial charge in [0.25, 0.3) is 11.8 Å². The molecule has 182 valence electrons. The monoisotopic (exact) mass is 482 g/mol. The van der Waals surface area contributed by atoms with Gasteiger partial charge in [0.05, 0.1) is 18.8 Å². The zero-order valence-corrected chi connectivity index (χ0v) is 18.9. The van der Waals surface area contributed by atoms with Crippen LogP contribution in [0.5, 0.6) is 11.5 Å². The van der Waals surface area contributed by atoms with Gasteiger partial charge in [-0.15, -0.1) is 0 Å². The number of rotatable bonds is 10. The highest BCUT2D eigenvalue weighted by atomic mass is 19.1. The van der Waals surface area contributed by atoms with Gasteiger partial charge in [-0.3, -0.25) is 19.3 Å². The topological polar surface area (TPSA) is 107 Å². The maximum atomic E-state index is 13.3. The summed E-state index contributed by atoms with van der Waals surface area (Å²) in [5, 5.41) is 2.66. The molecule has 0 atom stereocenters. The standard InChI is InChI=1S/C25H23FN2O7/c1-32-10-9-27-25(31)23-8-6-19(35-23)13-28-20-11-16(5-7-22(20)34-15-24(28)30)21(29)14-33-18-4-2-3-17(26)12-18/h2-8,11-12H,9-10,13-15H2,1H3,(H,27,31). The molecule has 10 heteroatoms. The lowest BCUT2D eigenvalue weighted by molar-refractivity contribution is -0.121. The Morgan fingerprint density at radius 3 is 2.80 bits per heavy atom. The van der Waals surface area contributed by atoms with Crippen LogP contribution in [0, 0.1) is 5.82 Å². The second-order valence-electron chi connectivity index (χ2n) is 7.63. The molecule has 0 bridgehead atoms. The van der Waals surface area contributed by atoms with Gasteiger partial charge in [-0.25, -0.2) is 4.39 Å². The van der Waals surface area contributed by atoms with Gasteiger partial charge in [-0.2, -0.15) is 0 Å². The van der Waals surface area contributed by atoms with E-state index in [2.05, 4.69) is 5.32 Å². The molecule has 2 aromatic carbocycles. The Morgan fingerprint density at radius 1 is 1.14 bits per heavy atom. The number of nitrogens with zero attached hydrogens (tertiary/aromatic N) is 1. The van der Waals surface area contributed by atoms with E-state index >= 15 is 0 Å². The number of hydrogen-bond donors (Lipinski definition) is 1. The molecular formula is C25H23FN2O7. The van der Waals surface area contributed by atoms with E-state index in [0.29, 0.717) is 35.9 Å². The zero-order chi connectivity index (χ0) is 24.8. The Labute approximate surface area is 200 Å². The molecule has 2 amide bonds. The summed E-state index contributed by atoms with van der Waals surface area (Å²) < 4.78 is 34.7.